The number of benzene rings is 1. The Kier molecular flexibility index (Phi) is 4.09. The molecule has 114 valence electrons. The van der Waals surface area contributed by atoms with Crippen LogP contribution in [0.15, 0.2) is 41.8 Å². The number of amides is 1. The van der Waals surface area contributed by atoms with Crippen molar-refractivity contribution in [3.8, 4) is 0 Å². The fourth-order valence-corrected chi connectivity index (χ4v) is 4.04. The molecule has 1 aliphatic heterocycles. The number of carbonyl (C=O) groups is 1. The van der Waals surface area contributed by atoms with Gasteiger partial charge >= 0.3 is 6.09 Å². The third kappa shape index (κ3) is 2.68. The van der Waals surface area contributed by atoms with E-state index < -0.39 is 28.3 Å². The van der Waals surface area contributed by atoms with Crippen molar-refractivity contribution >= 4 is 16.1 Å². The summed E-state index contributed by atoms with van der Waals surface area (Å²) >= 11 is 0. The Labute approximate surface area is 125 Å². The average Bonchev–Trinajstić information content (AvgIpc) is 2.77. The Morgan fingerprint density at radius 2 is 1.86 bits per heavy atom. The fourth-order valence-electron chi connectivity index (χ4n) is 2.41. The second-order valence-corrected chi connectivity index (χ2v) is 7.25. The number of cyclic esters (lactones) is 1. The van der Waals surface area contributed by atoms with Crippen LogP contribution < -0.4 is 0 Å². The van der Waals surface area contributed by atoms with Crippen molar-refractivity contribution in [1.29, 1.82) is 0 Å². The van der Waals surface area contributed by atoms with Gasteiger partial charge in [-0.1, -0.05) is 38.1 Å². The molecule has 21 heavy (non-hydrogen) atoms. The van der Waals surface area contributed by atoms with E-state index in [1.807, 2.05) is 20.8 Å². The van der Waals surface area contributed by atoms with Crippen LogP contribution in [0.3, 0.4) is 0 Å². The van der Waals surface area contributed by atoms with Crippen molar-refractivity contribution in [3.05, 3.63) is 42.5 Å². The summed E-state index contributed by atoms with van der Waals surface area (Å²) in [4.78, 5) is 12.1. The molecule has 1 aliphatic rings. The minimum atomic E-state index is -3.93. The second kappa shape index (κ2) is 5.52. The van der Waals surface area contributed by atoms with E-state index in [-0.39, 0.29) is 10.8 Å². The van der Waals surface area contributed by atoms with E-state index in [0.29, 0.717) is 0 Å². The molecule has 0 bridgehead atoms. The summed E-state index contributed by atoms with van der Waals surface area (Å²) in [7, 11) is -3.93. The lowest BCUT2D eigenvalue weighted by Crippen LogP contribution is -2.43. The van der Waals surface area contributed by atoms with E-state index in [1.54, 1.807) is 12.1 Å². The third-order valence-corrected chi connectivity index (χ3v) is 5.30. The molecule has 1 amide bonds. The maximum absolute atomic E-state index is 12.7. The van der Waals surface area contributed by atoms with Gasteiger partial charge in [0, 0.05) is 0 Å². The van der Waals surface area contributed by atoms with Gasteiger partial charge in [0.2, 0.25) is 0 Å². The van der Waals surface area contributed by atoms with Crippen LogP contribution in [0.2, 0.25) is 0 Å². The van der Waals surface area contributed by atoms with Crippen molar-refractivity contribution in [2.75, 3.05) is 0 Å². The first-order valence-corrected chi connectivity index (χ1v) is 8.17. The summed E-state index contributed by atoms with van der Waals surface area (Å²) in [6, 6.07) is 5.81. The van der Waals surface area contributed by atoms with Gasteiger partial charge in [0.1, 0.15) is 6.10 Å². The predicted octanol–water partition coefficient (Wildman–Crippen LogP) is 2.72. The standard InChI is InChI=1S/C15H19NO4S/c1-5-13-14(10(2)3)16(15(17)20-13)21(18,19)12-8-6-11(4)7-9-12/h5-10,13-14H,1H2,2-4H3/t13?,14-/m0/s1. The van der Waals surface area contributed by atoms with Crippen LogP contribution in [0, 0.1) is 12.8 Å². The van der Waals surface area contributed by atoms with Crippen molar-refractivity contribution in [2.45, 2.75) is 37.8 Å². The maximum Gasteiger partial charge on any atom is 0.424 e. The first kappa shape index (κ1) is 15.6. The Balaban J connectivity index is 2.49. The lowest BCUT2D eigenvalue weighted by molar-refractivity contribution is 0.148. The Bertz CT molecular complexity index is 649. The van der Waals surface area contributed by atoms with Gasteiger partial charge in [-0.15, -0.1) is 0 Å². The molecular formula is C15H19NO4S. The minimum absolute atomic E-state index is 0.0836. The predicted molar refractivity (Wildman–Crippen MR) is 79.3 cm³/mol. The molecule has 0 N–H and O–H groups in total. The Morgan fingerprint density at radius 3 is 2.33 bits per heavy atom. The molecular weight excluding hydrogens is 290 g/mol. The highest BCUT2D eigenvalue weighted by Crippen LogP contribution is 2.32. The topological polar surface area (TPSA) is 63.7 Å². The number of aryl methyl sites for hydroxylation is 1. The number of hydrogen-bond acceptors (Lipinski definition) is 4. The van der Waals surface area contributed by atoms with Crippen LogP contribution in [0.25, 0.3) is 0 Å². The zero-order valence-corrected chi connectivity index (χ0v) is 13.1. The molecule has 1 unspecified atom stereocenters. The molecule has 5 nitrogen and oxygen atoms in total. The molecule has 6 heteroatoms. The van der Waals surface area contributed by atoms with Crippen molar-refractivity contribution in [2.24, 2.45) is 5.92 Å². The van der Waals surface area contributed by atoms with Gasteiger partial charge in [-0.25, -0.2) is 13.2 Å². The number of rotatable bonds is 4. The molecule has 1 heterocycles. The third-order valence-electron chi connectivity index (χ3n) is 3.52. The number of sulfonamides is 1. The van der Waals surface area contributed by atoms with Crippen molar-refractivity contribution in [3.63, 3.8) is 0 Å². The zero-order chi connectivity index (χ0) is 15.8. The van der Waals surface area contributed by atoms with E-state index >= 15 is 0 Å². The molecule has 0 spiro atoms. The van der Waals surface area contributed by atoms with Crippen molar-refractivity contribution in [1.82, 2.24) is 4.31 Å². The van der Waals surface area contributed by atoms with Crippen LogP contribution >= 0.6 is 0 Å². The first-order chi connectivity index (χ1) is 9.78. The number of nitrogens with zero attached hydrogens (tertiary/aromatic N) is 1. The van der Waals surface area contributed by atoms with Crippen LogP contribution in [-0.4, -0.2) is 31.0 Å². The van der Waals surface area contributed by atoms with Crippen LogP contribution in [0.5, 0.6) is 0 Å². The molecule has 0 radical (unpaired) electrons. The largest absolute Gasteiger partial charge is 0.439 e. The van der Waals surface area contributed by atoms with Crippen LogP contribution in [-0.2, 0) is 14.8 Å². The van der Waals surface area contributed by atoms with Crippen LogP contribution in [0.4, 0.5) is 4.79 Å². The number of hydrogen-bond donors (Lipinski definition) is 0. The van der Waals surface area contributed by atoms with Gasteiger partial charge in [0.25, 0.3) is 10.0 Å². The van der Waals surface area contributed by atoms with Crippen molar-refractivity contribution < 1.29 is 17.9 Å². The molecule has 1 saturated heterocycles. The summed E-state index contributed by atoms with van der Waals surface area (Å²) in [6.45, 7) is 9.17. The van der Waals surface area contributed by atoms with Gasteiger partial charge in [0.05, 0.1) is 10.9 Å². The normalized spacial score (nSPS) is 22.5. The summed E-state index contributed by atoms with van der Waals surface area (Å²) < 4.78 is 31.4. The molecule has 2 atom stereocenters. The minimum Gasteiger partial charge on any atom is -0.439 e. The van der Waals surface area contributed by atoms with E-state index in [4.69, 9.17) is 4.74 Å². The SMILES string of the molecule is C=CC1OC(=O)N(S(=O)(=O)c2ccc(C)cc2)[C@H]1C(C)C. The molecule has 1 aromatic carbocycles. The number of ether oxygens (including phenoxy) is 1. The monoisotopic (exact) mass is 309 g/mol. The van der Waals surface area contributed by atoms with Gasteiger partial charge in [-0.3, -0.25) is 0 Å². The fraction of sp³-hybridized carbons (Fsp3) is 0.400. The summed E-state index contributed by atoms with van der Waals surface area (Å²) in [5.41, 5.74) is 0.947. The molecule has 0 saturated carbocycles. The molecule has 2 rings (SSSR count). The van der Waals surface area contributed by atoms with E-state index in [9.17, 15) is 13.2 Å². The van der Waals surface area contributed by atoms with Gasteiger partial charge in [-0.2, -0.15) is 4.31 Å². The summed E-state index contributed by atoms with van der Waals surface area (Å²) in [5, 5.41) is 0. The molecule has 0 aromatic heterocycles. The van der Waals surface area contributed by atoms with Gasteiger partial charge in [0.15, 0.2) is 0 Å². The Morgan fingerprint density at radius 1 is 1.29 bits per heavy atom. The highest BCUT2D eigenvalue weighted by Gasteiger charge is 2.48. The lowest BCUT2D eigenvalue weighted by Gasteiger charge is -2.26. The van der Waals surface area contributed by atoms with E-state index in [0.717, 1.165) is 9.87 Å². The quantitative estimate of drug-likeness (QED) is 0.802. The molecule has 1 aromatic rings. The zero-order valence-electron chi connectivity index (χ0n) is 12.3. The van der Waals surface area contributed by atoms with E-state index in [1.165, 1.54) is 18.2 Å². The van der Waals surface area contributed by atoms with Gasteiger partial charge < -0.3 is 4.74 Å². The summed E-state index contributed by atoms with van der Waals surface area (Å²) in [6.07, 6.45) is -0.00959. The maximum atomic E-state index is 12.7. The Hall–Kier alpha value is -1.82. The molecule has 1 fully saturated rings. The number of carbonyl (C=O) groups excluding carboxylic acids is 1. The molecule has 0 aliphatic carbocycles. The van der Waals surface area contributed by atoms with Gasteiger partial charge in [-0.05, 0) is 31.1 Å². The van der Waals surface area contributed by atoms with E-state index in [2.05, 4.69) is 6.58 Å². The smallest absolute Gasteiger partial charge is 0.424 e. The van der Waals surface area contributed by atoms with Crippen LogP contribution in [0.1, 0.15) is 19.4 Å². The highest BCUT2D eigenvalue weighted by atomic mass is 32.2. The average molecular weight is 309 g/mol. The second-order valence-electron chi connectivity index (χ2n) is 5.43. The summed E-state index contributed by atoms with van der Waals surface area (Å²) in [5.74, 6) is -0.0836. The first-order valence-electron chi connectivity index (χ1n) is 6.73. The highest BCUT2D eigenvalue weighted by molar-refractivity contribution is 7.89. The lowest BCUT2D eigenvalue weighted by atomic mass is 10.00.